The third kappa shape index (κ3) is 3.45. The SMILES string of the molecule is CCNCc1ccc(Cl)cc1-c1ccc(Cl)c(OC)c1. The molecule has 0 atom stereocenters. The molecule has 0 heterocycles. The first-order chi connectivity index (χ1) is 9.65. The van der Waals surface area contributed by atoms with E-state index in [9.17, 15) is 0 Å². The Morgan fingerprint density at radius 2 is 1.90 bits per heavy atom. The zero-order valence-electron chi connectivity index (χ0n) is 11.5. The quantitative estimate of drug-likeness (QED) is 0.858. The molecular formula is C16H17Cl2NO. The van der Waals surface area contributed by atoms with Gasteiger partial charge in [-0.25, -0.2) is 0 Å². The maximum atomic E-state index is 6.13. The van der Waals surface area contributed by atoms with Gasteiger partial charge in [0.2, 0.25) is 0 Å². The van der Waals surface area contributed by atoms with Crippen LogP contribution >= 0.6 is 23.2 Å². The Balaban J connectivity index is 2.47. The Hall–Kier alpha value is -1.22. The van der Waals surface area contributed by atoms with Crippen LogP contribution in [0, 0.1) is 0 Å². The van der Waals surface area contributed by atoms with Crippen LogP contribution in [0.4, 0.5) is 0 Å². The van der Waals surface area contributed by atoms with Gasteiger partial charge in [0.1, 0.15) is 5.75 Å². The van der Waals surface area contributed by atoms with E-state index < -0.39 is 0 Å². The molecule has 0 aliphatic carbocycles. The van der Waals surface area contributed by atoms with Crippen molar-refractivity contribution in [3.63, 3.8) is 0 Å². The standard InChI is InChI=1S/C16H17Cl2NO/c1-3-19-10-12-4-6-13(17)9-14(12)11-5-7-15(18)16(8-11)20-2/h4-9,19H,3,10H2,1-2H3. The number of nitrogens with one attached hydrogen (secondary N) is 1. The molecule has 0 spiro atoms. The number of halogens is 2. The highest BCUT2D eigenvalue weighted by Gasteiger charge is 2.09. The highest BCUT2D eigenvalue weighted by Crippen LogP contribution is 2.33. The first kappa shape index (κ1) is 15.2. The molecule has 20 heavy (non-hydrogen) atoms. The number of benzene rings is 2. The molecule has 0 saturated heterocycles. The Morgan fingerprint density at radius 3 is 2.60 bits per heavy atom. The summed E-state index contributed by atoms with van der Waals surface area (Å²) in [6.45, 7) is 3.81. The van der Waals surface area contributed by atoms with E-state index in [1.807, 2.05) is 36.4 Å². The van der Waals surface area contributed by atoms with Crippen molar-refractivity contribution < 1.29 is 4.74 Å². The minimum absolute atomic E-state index is 0.603. The van der Waals surface area contributed by atoms with Crippen molar-refractivity contribution in [1.29, 1.82) is 0 Å². The van der Waals surface area contributed by atoms with Crippen LogP contribution in [0.1, 0.15) is 12.5 Å². The highest BCUT2D eigenvalue weighted by molar-refractivity contribution is 6.32. The van der Waals surface area contributed by atoms with Crippen molar-refractivity contribution >= 4 is 23.2 Å². The van der Waals surface area contributed by atoms with Gasteiger partial charge >= 0.3 is 0 Å². The molecule has 1 N–H and O–H groups in total. The number of rotatable bonds is 5. The molecule has 0 radical (unpaired) electrons. The van der Waals surface area contributed by atoms with Gasteiger partial charge in [0, 0.05) is 11.6 Å². The smallest absolute Gasteiger partial charge is 0.138 e. The lowest BCUT2D eigenvalue weighted by molar-refractivity contribution is 0.415. The lowest BCUT2D eigenvalue weighted by atomic mass is 9.99. The molecule has 0 saturated carbocycles. The zero-order chi connectivity index (χ0) is 14.5. The van der Waals surface area contributed by atoms with E-state index in [1.165, 1.54) is 5.56 Å². The van der Waals surface area contributed by atoms with Gasteiger partial charge in [0.15, 0.2) is 0 Å². The van der Waals surface area contributed by atoms with Gasteiger partial charge in [-0.05, 0) is 47.5 Å². The second kappa shape index (κ2) is 6.98. The monoisotopic (exact) mass is 309 g/mol. The van der Waals surface area contributed by atoms with Crippen LogP contribution in [-0.4, -0.2) is 13.7 Å². The van der Waals surface area contributed by atoms with Crippen molar-refractivity contribution in [2.75, 3.05) is 13.7 Å². The minimum Gasteiger partial charge on any atom is -0.495 e. The van der Waals surface area contributed by atoms with Gasteiger partial charge in [-0.2, -0.15) is 0 Å². The van der Waals surface area contributed by atoms with Gasteiger partial charge < -0.3 is 10.1 Å². The molecule has 0 aromatic heterocycles. The van der Waals surface area contributed by atoms with Gasteiger partial charge in [-0.1, -0.05) is 42.3 Å². The summed E-state index contributed by atoms with van der Waals surface area (Å²) in [6, 6.07) is 11.7. The van der Waals surface area contributed by atoms with Crippen LogP contribution in [0.15, 0.2) is 36.4 Å². The Kier molecular flexibility index (Phi) is 5.30. The topological polar surface area (TPSA) is 21.3 Å². The molecular weight excluding hydrogens is 293 g/mol. The van der Waals surface area contributed by atoms with Crippen molar-refractivity contribution in [1.82, 2.24) is 5.32 Å². The normalized spacial score (nSPS) is 10.6. The summed E-state index contributed by atoms with van der Waals surface area (Å²) < 4.78 is 5.28. The van der Waals surface area contributed by atoms with E-state index in [4.69, 9.17) is 27.9 Å². The van der Waals surface area contributed by atoms with Crippen LogP contribution < -0.4 is 10.1 Å². The Morgan fingerprint density at radius 1 is 1.10 bits per heavy atom. The van der Waals surface area contributed by atoms with E-state index in [1.54, 1.807) is 7.11 Å². The summed E-state index contributed by atoms with van der Waals surface area (Å²) in [5, 5.41) is 4.65. The average molecular weight is 310 g/mol. The van der Waals surface area contributed by atoms with E-state index >= 15 is 0 Å². The lowest BCUT2D eigenvalue weighted by Crippen LogP contribution is -2.12. The summed E-state index contributed by atoms with van der Waals surface area (Å²) in [4.78, 5) is 0. The van der Waals surface area contributed by atoms with Crippen LogP contribution in [0.2, 0.25) is 10.0 Å². The molecule has 106 valence electrons. The number of ether oxygens (including phenoxy) is 1. The van der Waals surface area contributed by atoms with Gasteiger partial charge in [0.25, 0.3) is 0 Å². The van der Waals surface area contributed by atoms with Crippen LogP contribution in [-0.2, 0) is 6.54 Å². The molecule has 2 aromatic carbocycles. The first-order valence-electron chi connectivity index (χ1n) is 6.48. The third-order valence-electron chi connectivity index (χ3n) is 3.10. The molecule has 0 aliphatic rings. The molecule has 0 bridgehead atoms. The van der Waals surface area contributed by atoms with Crippen LogP contribution in [0.5, 0.6) is 5.75 Å². The third-order valence-corrected chi connectivity index (χ3v) is 3.65. The average Bonchev–Trinajstić information content (AvgIpc) is 2.46. The summed E-state index contributed by atoms with van der Waals surface area (Å²) in [5.74, 6) is 0.665. The van der Waals surface area contributed by atoms with Crippen molar-refractivity contribution in [3.05, 3.63) is 52.0 Å². The maximum absolute atomic E-state index is 6.13. The molecule has 2 nitrogen and oxygen atoms in total. The van der Waals surface area contributed by atoms with Crippen LogP contribution in [0.25, 0.3) is 11.1 Å². The van der Waals surface area contributed by atoms with E-state index in [0.29, 0.717) is 15.8 Å². The van der Waals surface area contributed by atoms with Gasteiger partial charge in [0.05, 0.1) is 12.1 Å². The molecule has 0 unspecified atom stereocenters. The van der Waals surface area contributed by atoms with Gasteiger partial charge in [-0.3, -0.25) is 0 Å². The predicted molar refractivity (Wildman–Crippen MR) is 85.8 cm³/mol. The second-order valence-corrected chi connectivity index (χ2v) is 5.27. The lowest BCUT2D eigenvalue weighted by Gasteiger charge is -2.12. The van der Waals surface area contributed by atoms with Gasteiger partial charge in [-0.15, -0.1) is 0 Å². The molecule has 0 aliphatic heterocycles. The zero-order valence-corrected chi connectivity index (χ0v) is 13.1. The molecule has 0 fully saturated rings. The summed E-state index contributed by atoms with van der Waals surface area (Å²) >= 11 is 12.2. The van der Waals surface area contributed by atoms with Crippen molar-refractivity contribution in [2.45, 2.75) is 13.5 Å². The fourth-order valence-corrected chi connectivity index (χ4v) is 2.43. The minimum atomic E-state index is 0.603. The molecule has 4 heteroatoms. The van der Waals surface area contributed by atoms with E-state index in [2.05, 4.69) is 12.2 Å². The van der Waals surface area contributed by atoms with E-state index in [-0.39, 0.29) is 0 Å². The second-order valence-electron chi connectivity index (χ2n) is 4.43. The predicted octanol–water partition coefficient (Wildman–Crippen LogP) is 4.78. The number of methoxy groups -OCH3 is 1. The van der Waals surface area contributed by atoms with Crippen molar-refractivity contribution in [3.8, 4) is 16.9 Å². The first-order valence-corrected chi connectivity index (χ1v) is 7.24. The highest BCUT2D eigenvalue weighted by atomic mass is 35.5. The molecule has 0 amide bonds. The Labute approximate surface area is 129 Å². The molecule has 2 rings (SSSR count). The maximum Gasteiger partial charge on any atom is 0.138 e. The number of hydrogen-bond acceptors (Lipinski definition) is 2. The van der Waals surface area contributed by atoms with Crippen LogP contribution in [0.3, 0.4) is 0 Å². The number of hydrogen-bond donors (Lipinski definition) is 1. The fourth-order valence-electron chi connectivity index (χ4n) is 2.06. The summed E-state index contributed by atoms with van der Waals surface area (Å²) in [6.07, 6.45) is 0. The fraction of sp³-hybridized carbons (Fsp3) is 0.250. The van der Waals surface area contributed by atoms with Crippen molar-refractivity contribution in [2.24, 2.45) is 0 Å². The summed E-state index contributed by atoms with van der Waals surface area (Å²) in [5.41, 5.74) is 3.33. The van der Waals surface area contributed by atoms with E-state index in [0.717, 1.165) is 24.2 Å². The molecule has 2 aromatic rings. The Bertz CT molecular complexity index is 599. The summed E-state index contributed by atoms with van der Waals surface area (Å²) in [7, 11) is 1.61. The largest absolute Gasteiger partial charge is 0.495 e.